The molecule has 1 N–H and O–H groups in total. The Morgan fingerprint density at radius 1 is 1.08 bits per heavy atom. The van der Waals surface area contributed by atoms with Gasteiger partial charge in [-0.3, -0.25) is 0 Å². The molecule has 1 aliphatic carbocycles. The normalized spacial score (nSPS) is 20.1. The van der Waals surface area contributed by atoms with Crippen LogP contribution in [0.25, 0.3) is 10.9 Å². The van der Waals surface area contributed by atoms with Crippen LogP contribution in [0, 0.1) is 0 Å². The third-order valence-electron chi connectivity index (χ3n) is 5.27. The fraction of sp³-hybridized carbons (Fsp3) is 0.300. The van der Waals surface area contributed by atoms with Crippen molar-refractivity contribution in [2.24, 2.45) is 0 Å². The molecule has 4 nitrogen and oxygen atoms in total. The molecular weight excluding hydrogens is 334 g/mol. The van der Waals surface area contributed by atoms with Gasteiger partial charge in [0.1, 0.15) is 0 Å². The lowest BCUT2D eigenvalue weighted by Crippen LogP contribution is -2.13. The highest BCUT2D eigenvalue weighted by molar-refractivity contribution is 7.90. The molecule has 130 valence electrons. The number of hydrogen-bond acceptors (Lipinski definition) is 3. The number of fused-ring (bicyclic) bond motifs is 3. The van der Waals surface area contributed by atoms with Crippen LogP contribution in [0.4, 0.5) is 0 Å². The summed E-state index contributed by atoms with van der Waals surface area (Å²) in [5.41, 5.74) is 3.85. The average molecular weight is 355 g/mol. The smallest absolute Gasteiger partial charge is 0.268 e. The van der Waals surface area contributed by atoms with Crippen LogP contribution < -0.4 is 0 Å². The van der Waals surface area contributed by atoms with E-state index in [1.165, 1.54) is 3.97 Å². The van der Waals surface area contributed by atoms with Gasteiger partial charge in [-0.1, -0.05) is 32.0 Å². The van der Waals surface area contributed by atoms with E-state index in [0.717, 1.165) is 34.0 Å². The van der Waals surface area contributed by atoms with Gasteiger partial charge in [-0.15, -0.1) is 0 Å². The quantitative estimate of drug-likeness (QED) is 0.773. The molecule has 0 bridgehead atoms. The maximum atomic E-state index is 13.2. The maximum Gasteiger partial charge on any atom is 0.268 e. The van der Waals surface area contributed by atoms with Crippen molar-refractivity contribution in [1.82, 2.24) is 3.97 Å². The number of aliphatic hydroxyl groups is 1. The summed E-state index contributed by atoms with van der Waals surface area (Å²) in [5, 5.41) is 10.6. The van der Waals surface area contributed by atoms with Crippen LogP contribution in [0.5, 0.6) is 0 Å². The Morgan fingerprint density at radius 2 is 1.76 bits per heavy atom. The van der Waals surface area contributed by atoms with Crippen LogP contribution in [0.15, 0.2) is 53.6 Å². The lowest BCUT2D eigenvalue weighted by atomic mass is 9.95. The van der Waals surface area contributed by atoms with E-state index in [4.69, 9.17) is 0 Å². The van der Waals surface area contributed by atoms with Gasteiger partial charge in [0.25, 0.3) is 10.0 Å². The van der Waals surface area contributed by atoms with E-state index in [1.807, 2.05) is 18.2 Å². The van der Waals surface area contributed by atoms with Gasteiger partial charge < -0.3 is 5.11 Å². The first kappa shape index (κ1) is 16.4. The first-order valence-corrected chi connectivity index (χ1v) is 9.97. The van der Waals surface area contributed by atoms with E-state index in [2.05, 4.69) is 13.8 Å². The highest BCUT2D eigenvalue weighted by Crippen LogP contribution is 2.47. The van der Waals surface area contributed by atoms with Crippen molar-refractivity contribution in [3.05, 3.63) is 65.4 Å². The van der Waals surface area contributed by atoms with E-state index in [-0.39, 0.29) is 17.4 Å². The van der Waals surface area contributed by atoms with Gasteiger partial charge in [0.05, 0.1) is 17.0 Å². The summed E-state index contributed by atoms with van der Waals surface area (Å²) >= 11 is 0. The van der Waals surface area contributed by atoms with Crippen molar-refractivity contribution in [2.45, 2.75) is 43.6 Å². The maximum absolute atomic E-state index is 13.2. The topological polar surface area (TPSA) is 59.3 Å². The zero-order valence-electron chi connectivity index (χ0n) is 14.3. The van der Waals surface area contributed by atoms with E-state index < -0.39 is 10.0 Å². The van der Waals surface area contributed by atoms with E-state index >= 15 is 0 Å². The highest BCUT2D eigenvalue weighted by atomic mass is 32.2. The monoisotopic (exact) mass is 355 g/mol. The van der Waals surface area contributed by atoms with Gasteiger partial charge in [0.2, 0.25) is 0 Å². The molecule has 1 heterocycles. The molecule has 0 fully saturated rings. The van der Waals surface area contributed by atoms with Crippen molar-refractivity contribution in [3.63, 3.8) is 0 Å². The summed E-state index contributed by atoms with van der Waals surface area (Å²) in [7, 11) is -3.65. The second kappa shape index (κ2) is 5.71. The molecule has 1 aliphatic rings. The van der Waals surface area contributed by atoms with Gasteiger partial charge >= 0.3 is 0 Å². The molecule has 0 saturated heterocycles. The molecular formula is C20H21NO3S. The zero-order chi connectivity index (χ0) is 17.8. The van der Waals surface area contributed by atoms with Crippen molar-refractivity contribution in [1.29, 1.82) is 0 Å². The molecule has 0 amide bonds. The third kappa shape index (κ3) is 2.34. The molecule has 1 aromatic heterocycles. The fourth-order valence-corrected chi connectivity index (χ4v) is 5.66. The summed E-state index contributed by atoms with van der Waals surface area (Å²) in [4.78, 5) is 0.284. The molecule has 2 aromatic carbocycles. The number of aliphatic hydroxyl groups excluding tert-OH is 1. The van der Waals surface area contributed by atoms with Crippen LogP contribution in [0.3, 0.4) is 0 Å². The van der Waals surface area contributed by atoms with E-state index in [9.17, 15) is 13.5 Å². The summed E-state index contributed by atoms with van der Waals surface area (Å²) < 4.78 is 27.7. The van der Waals surface area contributed by atoms with Crippen molar-refractivity contribution in [3.8, 4) is 0 Å². The van der Waals surface area contributed by atoms with Crippen LogP contribution >= 0.6 is 0 Å². The minimum absolute atomic E-state index is 0.0219. The first-order valence-electron chi connectivity index (χ1n) is 8.53. The lowest BCUT2D eigenvalue weighted by Gasteiger charge is -2.16. The van der Waals surface area contributed by atoms with Crippen molar-refractivity contribution in [2.75, 3.05) is 0 Å². The Kier molecular flexibility index (Phi) is 3.74. The highest BCUT2D eigenvalue weighted by Gasteiger charge is 2.32. The Balaban J connectivity index is 2.06. The van der Waals surface area contributed by atoms with Gasteiger partial charge in [-0.25, -0.2) is 12.4 Å². The Bertz CT molecular complexity index is 1050. The summed E-state index contributed by atoms with van der Waals surface area (Å²) in [6.45, 7) is 4.26. The SMILES string of the molecule is C[C@@H]1C[C@H](C)c2c1c(CO)cc1ccn(S(=O)(=O)c3ccccc3)c21. The predicted octanol–water partition coefficient (Wildman–Crippen LogP) is 3.98. The molecule has 2 atom stereocenters. The number of rotatable bonds is 3. The largest absolute Gasteiger partial charge is 0.392 e. The summed E-state index contributed by atoms with van der Waals surface area (Å²) in [6, 6.07) is 12.3. The van der Waals surface area contributed by atoms with Gasteiger partial charge in [-0.05, 0) is 59.2 Å². The molecule has 4 rings (SSSR count). The summed E-state index contributed by atoms with van der Waals surface area (Å²) in [6.07, 6.45) is 2.60. The first-order chi connectivity index (χ1) is 11.9. The Labute approximate surface area is 147 Å². The van der Waals surface area contributed by atoms with Crippen LogP contribution in [0.1, 0.15) is 48.8 Å². The van der Waals surface area contributed by atoms with Gasteiger partial charge in [0, 0.05) is 11.6 Å². The molecule has 0 spiro atoms. The second-order valence-electron chi connectivity index (χ2n) is 6.93. The Morgan fingerprint density at radius 3 is 2.44 bits per heavy atom. The third-order valence-corrected chi connectivity index (χ3v) is 6.96. The minimum Gasteiger partial charge on any atom is -0.392 e. The number of aromatic nitrogens is 1. The van der Waals surface area contributed by atoms with E-state index in [1.54, 1.807) is 30.5 Å². The molecule has 0 radical (unpaired) electrons. The molecule has 0 aliphatic heterocycles. The fourth-order valence-electron chi connectivity index (χ4n) is 4.27. The van der Waals surface area contributed by atoms with Crippen LogP contribution in [-0.2, 0) is 16.6 Å². The summed E-state index contributed by atoms with van der Waals surface area (Å²) in [5.74, 6) is 0.581. The molecule has 0 saturated carbocycles. The van der Waals surface area contributed by atoms with E-state index in [0.29, 0.717) is 5.92 Å². The zero-order valence-corrected chi connectivity index (χ0v) is 15.1. The lowest BCUT2D eigenvalue weighted by molar-refractivity contribution is 0.280. The molecule has 3 aromatic rings. The van der Waals surface area contributed by atoms with Gasteiger partial charge in [0.15, 0.2) is 0 Å². The molecule has 25 heavy (non-hydrogen) atoms. The second-order valence-corrected chi connectivity index (χ2v) is 8.74. The Hall–Kier alpha value is -2.11. The molecule has 0 unspecified atom stereocenters. The van der Waals surface area contributed by atoms with Crippen molar-refractivity contribution >= 4 is 20.9 Å². The van der Waals surface area contributed by atoms with Crippen molar-refractivity contribution < 1.29 is 13.5 Å². The predicted molar refractivity (Wildman–Crippen MR) is 98.3 cm³/mol. The van der Waals surface area contributed by atoms with Gasteiger partial charge in [-0.2, -0.15) is 0 Å². The number of nitrogens with zero attached hydrogens (tertiary/aromatic N) is 1. The number of benzene rings is 2. The molecule has 5 heteroatoms. The minimum atomic E-state index is -3.65. The standard InChI is InChI=1S/C20H21NO3S/c1-13-10-14(2)19-18(13)16(12-22)11-15-8-9-21(20(15)19)25(23,24)17-6-4-3-5-7-17/h3-9,11,13-14,22H,10,12H2,1-2H3/t13-,14+/m1/s1. The van der Waals surface area contributed by atoms with Crippen LogP contribution in [-0.4, -0.2) is 17.5 Å². The average Bonchev–Trinajstić information content (AvgIpc) is 3.16. The van der Waals surface area contributed by atoms with Crippen LogP contribution in [0.2, 0.25) is 0 Å². The number of hydrogen-bond donors (Lipinski definition) is 1.